The highest BCUT2D eigenvalue weighted by atomic mass is 35.5. The van der Waals surface area contributed by atoms with Crippen molar-refractivity contribution in [2.24, 2.45) is 0 Å². The molecular formula is C24H21Cl2NO5. The first-order valence-corrected chi connectivity index (χ1v) is 10.6. The lowest BCUT2D eigenvalue weighted by Crippen LogP contribution is -2.45. The molecular weight excluding hydrogens is 453 g/mol. The predicted octanol–water partition coefficient (Wildman–Crippen LogP) is 5.55. The normalized spacial score (nSPS) is 20.2. The van der Waals surface area contributed by atoms with Crippen LogP contribution in [0.15, 0.2) is 66.7 Å². The summed E-state index contributed by atoms with van der Waals surface area (Å²) in [6.07, 6.45) is -1.63. The van der Waals surface area contributed by atoms with Gasteiger partial charge in [-0.2, -0.15) is 0 Å². The molecule has 1 aliphatic rings. The SMILES string of the molecule is COc1ccc([C@@H]2OC(=O)N(Cc3ccc(Cl)c(Cl)c3)[C@@]2(O)c2ccc(OC)cc2)cc1. The van der Waals surface area contributed by atoms with E-state index in [-0.39, 0.29) is 6.54 Å². The number of rotatable bonds is 6. The van der Waals surface area contributed by atoms with E-state index in [9.17, 15) is 9.90 Å². The molecule has 1 aliphatic heterocycles. The zero-order valence-electron chi connectivity index (χ0n) is 17.4. The van der Waals surface area contributed by atoms with E-state index in [2.05, 4.69) is 0 Å². The van der Waals surface area contributed by atoms with Crippen LogP contribution in [-0.4, -0.2) is 30.3 Å². The van der Waals surface area contributed by atoms with Crippen molar-refractivity contribution in [3.63, 3.8) is 0 Å². The van der Waals surface area contributed by atoms with Crippen LogP contribution in [0, 0.1) is 0 Å². The Bertz CT molecular complexity index is 1120. The Hall–Kier alpha value is -2.93. The van der Waals surface area contributed by atoms with E-state index in [1.807, 2.05) is 0 Å². The number of ether oxygens (including phenoxy) is 3. The summed E-state index contributed by atoms with van der Waals surface area (Å²) in [7, 11) is 3.12. The van der Waals surface area contributed by atoms with Crippen LogP contribution in [0.3, 0.4) is 0 Å². The fraction of sp³-hybridized carbons (Fsp3) is 0.208. The summed E-state index contributed by atoms with van der Waals surface area (Å²) < 4.78 is 16.1. The van der Waals surface area contributed by atoms with Crippen molar-refractivity contribution in [3.8, 4) is 11.5 Å². The van der Waals surface area contributed by atoms with Gasteiger partial charge in [0.2, 0.25) is 5.72 Å². The number of halogens is 2. The van der Waals surface area contributed by atoms with Crippen LogP contribution < -0.4 is 9.47 Å². The Kier molecular flexibility index (Phi) is 6.20. The molecule has 0 saturated carbocycles. The fourth-order valence-corrected chi connectivity index (χ4v) is 4.08. The number of nitrogens with zero attached hydrogens (tertiary/aromatic N) is 1. The van der Waals surface area contributed by atoms with Crippen molar-refractivity contribution in [3.05, 3.63) is 93.5 Å². The van der Waals surface area contributed by atoms with Crippen LogP contribution in [0.5, 0.6) is 11.5 Å². The lowest BCUT2D eigenvalue weighted by molar-refractivity contribution is -0.113. The predicted molar refractivity (Wildman–Crippen MR) is 121 cm³/mol. The molecule has 1 heterocycles. The third kappa shape index (κ3) is 3.97. The van der Waals surface area contributed by atoms with Crippen molar-refractivity contribution < 1.29 is 24.1 Å². The maximum Gasteiger partial charge on any atom is 0.413 e. The zero-order valence-corrected chi connectivity index (χ0v) is 18.9. The number of hydrogen-bond acceptors (Lipinski definition) is 5. The van der Waals surface area contributed by atoms with Gasteiger partial charge in [-0.25, -0.2) is 4.79 Å². The van der Waals surface area contributed by atoms with Gasteiger partial charge in [0.25, 0.3) is 0 Å². The van der Waals surface area contributed by atoms with E-state index in [1.165, 1.54) is 4.90 Å². The summed E-state index contributed by atoms with van der Waals surface area (Å²) in [4.78, 5) is 14.3. The Balaban J connectivity index is 1.79. The van der Waals surface area contributed by atoms with Gasteiger partial charge >= 0.3 is 6.09 Å². The van der Waals surface area contributed by atoms with Gasteiger partial charge in [-0.1, -0.05) is 53.5 Å². The summed E-state index contributed by atoms with van der Waals surface area (Å²) >= 11 is 12.2. The van der Waals surface area contributed by atoms with Gasteiger partial charge in [0, 0.05) is 5.56 Å². The summed E-state index contributed by atoms with van der Waals surface area (Å²) in [5, 5.41) is 12.8. The van der Waals surface area contributed by atoms with E-state index in [1.54, 1.807) is 80.9 Å². The van der Waals surface area contributed by atoms with Crippen LogP contribution >= 0.6 is 23.2 Å². The van der Waals surface area contributed by atoms with Crippen LogP contribution in [0.1, 0.15) is 22.8 Å². The molecule has 8 heteroatoms. The third-order valence-electron chi connectivity index (χ3n) is 5.47. The van der Waals surface area contributed by atoms with Crippen molar-refractivity contribution in [2.75, 3.05) is 14.2 Å². The quantitative estimate of drug-likeness (QED) is 0.508. The fourth-order valence-electron chi connectivity index (χ4n) is 3.76. The van der Waals surface area contributed by atoms with Crippen molar-refractivity contribution in [1.82, 2.24) is 4.90 Å². The smallest absolute Gasteiger partial charge is 0.413 e. The first kappa shape index (κ1) is 22.3. The molecule has 0 bridgehead atoms. The topological polar surface area (TPSA) is 68.2 Å². The van der Waals surface area contributed by atoms with Gasteiger partial charge in [-0.05, 0) is 47.5 Å². The Morgan fingerprint density at radius 1 is 0.938 bits per heavy atom. The highest BCUT2D eigenvalue weighted by Gasteiger charge is 2.56. The number of carbonyl (C=O) groups is 1. The van der Waals surface area contributed by atoms with E-state index in [4.69, 9.17) is 37.4 Å². The van der Waals surface area contributed by atoms with Crippen LogP contribution in [0.2, 0.25) is 10.0 Å². The number of cyclic esters (lactones) is 1. The number of benzene rings is 3. The average Bonchev–Trinajstić information content (AvgIpc) is 3.07. The Labute approximate surface area is 195 Å². The number of hydrogen-bond donors (Lipinski definition) is 1. The third-order valence-corrected chi connectivity index (χ3v) is 6.21. The molecule has 1 fully saturated rings. The molecule has 32 heavy (non-hydrogen) atoms. The second-order valence-corrected chi connectivity index (χ2v) is 8.14. The number of amides is 1. The van der Waals surface area contributed by atoms with Gasteiger partial charge < -0.3 is 19.3 Å². The lowest BCUT2D eigenvalue weighted by atomic mass is 9.91. The molecule has 2 atom stereocenters. The second-order valence-electron chi connectivity index (χ2n) is 7.33. The molecule has 6 nitrogen and oxygen atoms in total. The molecule has 1 saturated heterocycles. The Morgan fingerprint density at radius 2 is 1.53 bits per heavy atom. The first-order chi connectivity index (χ1) is 15.4. The average molecular weight is 474 g/mol. The van der Waals surface area contributed by atoms with Crippen molar-refractivity contribution in [1.29, 1.82) is 0 Å². The van der Waals surface area contributed by atoms with E-state index in [0.29, 0.717) is 38.2 Å². The van der Waals surface area contributed by atoms with Crippen molar-refractivity contribution in [2.45, 2.75) is 18.4 Å². The molecule has 0 spiro atoms. The molecule has 0 unspecified atom stereocenters. The lowest BCUT2D eigenvalue weighted by Gasteiger charge is -2.35. The molecule has 0 radical (unpaired) electrons. The van der Waals surface area contributed by atoms with Crippen LogP contribution in [0.25, 0.3) is 0 Å². The molecule has 3 aromatic rings. The van der Waals surface area contributed by atoms with Crippen LogP contribution in [0.4, 0.5) is 4.79 Å². The number of methoxy groups -OCH3 is 2. The van der Waals surface area contributed by atoms with E-state index >= 15 is 0 Å². The maximum absolute atomic E-state index is 13.0. The largest absolute Gasteiger partial charge is 0.497 e. The molecule has 1 N–H and O–H groups in total. The van der Waals surface area contributed by atoms with Gasteiger partial charge in [-0.3, -0.25) is 4.90 Å². The Morgan fingerprint density at radius 3 is 2.09 bits per heavy atom. The minimum Gasteiger partial charge on any atom is -0.497 e. The standard InChI is InChI=1S/C24H21Cl2NO5/c1-30-18-8-4-16(5-9-18)22-24(29,17-6-10-19(31-2)11-7-17)27(23(28)32-22)14-15-3-12-20(25)21(26)13-15/h3-13,22,29H,14H2,1-2H3/t22-,24+/m0/s1. The van der Waals surface area contributed by atoms with Crippen molar-refractivity contribution >= 4 is 29.3 Å². The van der Waals surface area contributed by atoms with E-state index < -0.39 is 17.9 Å². The van der Waals surface area contributed by atoms with Gasteiger partial charge in [-0.15, -0.1) is 0 Å². The molecule has 4 rings (SSSR count). The summed E-state index contributed by atoms with van der Waals surface area (Å²) in [6, 6.07) is 18.9. The van der Waals surface area contributed by atoms with Gasteiger partial charge in [0.1, 0.15) is 11.5 Å². The monoisotopic (exact) mass is 473 g/mol. The molecule has 3 aromatic carbocycles. The van der Waals surface area contributed by atoms with Crippen LogP contribution in [-0.2, 0) is 17.0 Å². The first-order valence-electron chi connectivity index (χ1n) is 9.80. The zero-order chi connectivity index (χ0) is 22.9. The summed E-state index contributed by atoms with van der Waals surface area (Å²) in [5.74, 6) is 1.28. The second kappa shape index (κ2) is 8.90. The molecule has 0 aliphatic carbocycles. The van der Waals surface area contributed by atoms with Gasteiger partial charge in [0.15, 0.2) is 6.10 Å². The number of carbonyl (C=O) groups excluding carboxylic acids is 1. The minimum atomic E-state index is -1.79. The number of aliphatic hydroxyl groups is 1. The van der Waals surface area contributed by atoms with Gasteiger partial charge in [0.05, 0.1) is 30.8 Å². The molecule has 0 aromatic heterocycles. The highest BCUT2D eigenvalue weighted by molar-refractivity contribution is 6.42. The molecule has 166 valence electrons. The minimum absolute atomic E-state index is 0.0604. The summed E-state index contributed by atoms with van der Waals surface area (Å²) in [6.45, 7) is 0.0604. The maximum atomic E-state index is 13.0. The van der Waals surface area contributed by atoms with E-state index in [0.717, 1.165) is 0 Å². The molecule has 1 amide bonds. The summed E-state index contributed by atoms with van der Waals surface area (Å²) in [5.41, 5.74) is 0.00199. The highest BCUT2D eigenvalue weighted by Crippen LogP contribution is 2.47.